The third-order valence-corrected chi connectivity index (χ3v) is 4.66. The molecule has 1 aliphatic rings. The predicted molar refractivity (Wildman–Crippen MR) is 103 cm³/mol. The van der Waals surface area contributed by atoms with Crippen LogP contribution in [0.3, 0.4) is 0 Å². The van der Waals surface area contributed by atoms with Gasteiger partial charge in [-0.15, -0.1) is 0 Å². The number of benzene rings is 1. The Labute approximate surface area is 156 Å². The number of nitrogens with zero attached hydrogens (tertiary/aromatic N) is 1. The molecule has 2 rings (SSSR count). The lowest BCUT2D eigenvalue weighted by Gasteiger charge is -2.27. The van der Waals surface area contributed by atoms with Crippen molar-refractivity contribution in [3.8, 4) is 0 Å². The summed E-state index contributed by atoms with van der Waals surface area (Å²) in [6.07, 6.45) is 2.03. The van der Waals surface area contributed by atoms with Gasteiger partial charge in [0.25, 0.3) is 0 Å². The average Bonchev–Trinajstić information content (AvgIpc) is 3.14. The van der Waals surface area contributed by atoms with Crippen LogP contribution in [0.5, 0.6) is 0 Å². The molecule has 1 unspecified atom stereocenters. The van der Waals surface area contributed by atoms with Crippen molar-refractivity contribution in [2.75, 3.05) is 46.6 Å². The largest absolute Gasteiger partial charge is 0.381 e. The quantitative estimate of drug-likeness (QED) is 0.401. The molecule has 1 aliphatic heterocycles. The van der Waals surface area contributed by atoms with Crippen LogP contribution in [0.15, 0.2) is 29.3 Å². The minimum absolute atomic E-state index is 0.202. The molecule has 0 aliphatic carbocycles. The van der Waals surface area contributed by atoms with Crippen molar-refractivity contribution >= 4 is 5.96 Å². The molecule has 0 radical (unpaired) electrons. The summed E-state index contributed by atoms with van der Waals surface area (Å²) in [6, 6.07) is 6.75. The summed E-state index contributed by atoms with van der Waals surface area (Å²) in [6.45, 7) is 8.84. The van der Waals surface area contributed by atoms with Gasteiger partial charge in [0.1, 0.15) is 5.82 Å². The van der Waals surface area contributed by atoms with Crippen molar-refractivity contribution in [1.82, 2.24) is 10.6 Å². The Morgan fingerprint density at radius 2 is 2.23 bits per heavy atom. The maximum absolute atomic E-state index is 13.5. The van der Waals surface area contributed by atoms with Crippen molar-refractivity contribution in [2.24, 2.45) is 10.9 Å². The van der Waals surface area contributed by atoms with Crippen LogP contribution in [0.1, 0.15) is 32.3 Å². The van der Waals surface area contributed by atoms with Gasteiger partial charge < -0.3 is 20.1 Å². The SMILES string of the molecule is CN=C(NCCCOCC1CCOC1)NCC(C)(C)c1cccc(F)c1. The Balaban J connectivity index is 1.63. The lowest BCUT2D eigenvalue weighted by Crippen LogP contribution is -2.43. The fourth-order valence-corrected chi connectivity index (χ4v) is 2.88. The Kier molecular flexibility index (Phi) is 8.32. The zero-order chi connectivity index (χ0) is 18.8. The van der Waals surface area contributed by atoms with Gasteiger partial charge in [-0.1, -0.05) is 26.0 Å². The van der Waals surface area contributed by atoms with Gasteiger partial charge in [-0.05, 0) is 30.5 Å². The van der Waals surface area contributed by atoms with E-state index in [1.54, 1.807) is 19.2 Å². The van der Waals surface area contributed by atoms with Gasteiger partial charge in [-0.2, -0.15) is 0 Å². The fourth-order valence-electron chi connectivity index (χ4n) is 2.88. The third kappa shape index (κ3) is 6.92. The number of hydrogen-bond donors (Lipinski definition) is 2. The number of aliphatic imine (C=N–C) groups is 1. The standard InChI is InChI=1S/C20H32FN3O2/c1-20(2,17-6-4-7-18(21)12-17)15-24-19(22-3)23-9-5-10-25-13-16-8-11-26-14-16/h4,6-7,12,16H,5,8-11,13-15H2,1-3H3,(H2,22,23,24). The second kappa shape index (κ2) is 10.5. The first-order chi connectivity index (χ1) is 12.5. The van der Waals surface area contributed by atoms with Gasteiger partial charge >= 0.3 is 0 Å². The van der Waals surface area contributed by atoms with Gasteiger partial charge in [-0.3, -0.25) is 4.99 Å². The molecule has 0 amide bonds. The van der Waals surface area contributed by atoms with Crippen LogP contribution >= 0.6 is 0 Å². The van der Waals surface area contributed by atoms with E-state index < -0.39 is 0 Å². The monoisotopic (exact) mass is 365 g/mol. The van der Waals surface area contributed by atoms with Crippen LogP contribution in [0.4, 0.5) is 4.39 Å². The highest BCUT2D eigenvalue weighted by atomic mass is 19.1. The first-order valence-electron chi connectivity index (χ1n) is 9.37. The van der Waals surface area contributed by atoms with Gasteiger partial charge in [-0.25, -0.2) is 4.39 Å². The van der Waals surface area contributed by atoms with Gasteiger partial charge in [0, 0.05) is 44.7 Å². The highest BCUT2D eigenvalue weighted by Crippen LogP contribution is 2.22. The number of halogens is 1. The number of guanidine groups is 1. The number of ether oxygens (including phenoxy) is 2. The van der Waals surface area contributed by atoms with Crippen LogP contribution in [-0.2, 0) is 14.9 Å². The fraction of sp³-hybridized carbons (Fsp3) is 0.650. The number of hydrogen-bond acceptors (Lipinski definition) is 3. The van der Waals surface area contributed by atoms with Crippen molar-refractivity contribution in [3.05, 3.63) is 35.6 Å². The summed E-state index contributed by atoms with van der Waals surface area (Å²) in [4.78, 5) is 4.25. The third-order valence-electron chi connectivity index (χ3n) is 4.66. The summed E-state index contributed by atoms with van der Waals surface area (Å²) in [5.41, 5.74) is 0.761. The minimum Gasteiger partial charge on any atom is -0.381 e. The van der Waals surface area contributed by atoms with Crippen molar-refractivity contribution in [1.29, 1.82) is 0 Å². The Morgan fingerprint density at radius 3 is 2.92 bits per heavy atom. The molecule has 0 bridgehead atoms. The normalized spacial score (nSPS) is 18.2. The van der Waals surface area contributed by atoms with E-state index in [1.165, 1.54) is 6.07 Å². The average molecular weight is 365 g/mol. The summed E-state index contributed by atoms with van der Waals surface area (Å²) in [5.74, 6) is 1.10. The smallest absolute Gasteiger partial charge is 0.191 e. The first kappa shape index (κ1) is 20.6. The molecule has 0 aromatic heterocycles. The molecule has 0 spiro atoms. The second-order valence-corrected chi connectivity index (χ2v) is 7.40. The topological polar surface area (TPSA) is 54.9 Å². The highest BCUT2D eigenvalue weighted by Gasteiger charge is 2.21. The second-order valence-electron chi connectivity index (χ2n) is 7.40. The Hall–Kier alpha value is -1.66. The Morgan fingerprint density at radius 1 is 1.38 bits per heavy atom. The summed E-state index contributed by atoms with van der Waals surface area (Å²) in [7, 11) is 1.75. The molecule has 146 valence electrons. The highest BCUT2D eigenvalue weighted by molar-refractivity contribution is 5.79. The molecule has 1 atom stereocenters. The van der Waals surface area contributed by atoms with E-state index in [0.717, 1.165) is 57.3 Å². The van der Waals surface area contributed by atoms with Crippen LogP contribution < -0.4 is 10.6 Å². The first-order valence-corrected chi connectivity index (χ1v) is 9.37. The maximum Gasteiger partial charge on any atom is 0.191 e. The van der Waals surface area contributed by atoms with E-state index in [1.807, 2.05) is 6.07 Å². The molecule has 5 nitrogen and oxygen atoms in total. The summed E-state index contributed by atoms with van der Waals surface area (Å²) >= 11 is 0. The van der Waals surface area contributed by atoms with Gasteiger partial charge in [0.15, 0.2) is 5.96 Å². The number of nitrogens with one attached hydrogen (secondary N) is 2. The lowest BCUT2D eigenvalue weighted by molar-refractivity contribution is 0.0888. The molecular formula is C20H32FN3O2. The Bertz CT molecular complexity index is 572. The van der Waals surface area contributed by atoms with Crippen LogP contribution in [0.2, 0.25) is 0 Å². The molecule has 1 aromatic carbocycles. The van der Waals surface area contributed by atoms with E-state index >= 15 is 0 Å². The van der Waals surface area contributed by atoms with Crippen LogP contribution in [0.25, 0.3) is 0 Å². The minimum atomic E-state index is -0.206. The maximum atomic E-state index is 13.5. The summed E-state index contributed by atoms with van der Waals surface area (Å²) in [5, 5.41) is 6.62. The zero-order valence-electron chi connectivity index (χ0n) is 16.2. The number of rotatable bonds is 9. The van der Waals surface area contributed by atoms with Crippen molar-refractivity contribution < 1.29 is 13.9 Å². The molecule has 6 heteroatoms. The zero-order valence-corrected chi connectivity index (χ0v) is 16.2. The van der Waals surface area contributed by atoms with E-state index in [0.29, 0.717) is 12.5 Å². The van der Waals surface area contributed by atoms with Crippen molar-refractivity contribution in [2.45, 2.75) is 32.1 Å². The van der Waals surface area contributed by atoms with Crippen LogP contribution in [0, 0.1) is 11.7 Å². The predicted octanol–water partition coefficient (Wildman–Crippen LogP) is 2.71. The van der Waals surface area contributed by atoms with E-state index in [-0.39, 0.29) is 11.2 Å². The van der Waals surface area contributed by atoms with Crippen molar-refractivity contribution in [3.63, 3.8) is 0 Å². The van der Waals surface area contributed by atoms with E-state index in [4.69, 9.17) is 9.47 Å². The van der Waals surface area contributed by atoms with Gasteiger partial charge in [0.05, 0.1) is 13.2 Å². The lowest BCUT2D eigenvalue weighted by atomic mass is 9.84. The summed E-state index contributed by atoms with van der Waals surface area (Å²) < 4.78 is 24.5. The van der Waals surface area contributed by atoms with E-state index in [9.17, 15) is 4.39 Å². The van der Waals surface area contributed by atoms with Crippen LogP contribution in [-0.4, -0.2) is 52.5 Å². The molecule has 26 heavy (non-hydrogen) atoms. The van der Waals surface area contributed by atoms with Gasteiger partial charge in [0.2, 0.25) is 0 Å². The molecule has 1 heterocycles. The molecule has 0 saturated carbocycles. The molecular weight excluding hydrogens is 333 g/mol. The molecule has 1 saturated heterocycles. The molecule has 1 fully saturated rings. The van der Waals surface area contributed by atoms with E-state index in [2.05, 4.69) is 29.5 Å². The molecule has 2 N–H and O–H groups in total. The molecule has 1 aromatic rings.